The lowest BCUT2D eigenvalue weighted by atomic mass is 10.0. The predicted octanol–water partition coefficient (Wildman–Crippen LogP) is 3.60. The van der Waals surface area contributed by atoms with E-state index in [1.807, 2.05) is 30.3 Å². The van der Waals surface area contributed by atoms with Crippen LogP contribution in [0.25, 0.3) is 0 Å². The Morgan fingerprint density at radius 2 is 1.83 bits per heavy atom. The van der Waals surface area contributed by atoms with Crippen LogP contribution in [0.2, 0.25) is 0 Å². The number of likely N-dealkylation sites (N-methyl/N-ethyl adjacent to an activating group) is 1. The average molecular weight is 476 g/mol. The fraction of sp³-hybridized carbons (Fsp3) is 0.333. The number of anilines is 3. The van der Waals surface area contributed by atoms with Crippen molar-refractivity contribution < 1.29 is 9.53 Å². The summed E-state index contributed by atoms with van der Waals surface area (Å²) >= 11 is 0. The second-order valence-electron chi connectivity index (χ2n) is 8.92. The van der Waals surface area contributed by atoms with Crippen molar-refractivity contribution >= 4 is 23.0 Å². The average Bonchev–Trinajstić information content (AvgIpc) is 2.88. The number of aromatic amines is 1. The second-order valence-corrected chi connectivity index (χ2v) is 8.92. The Hall–Kier alpha value is -3.78. The van der Waals surface area contributed by atoms with Gasteiger partial charge in [0.15, 0.2) is 0 Å². The van der Waals surface area contributed by atoms with Crippen LogP contribution in [0.1, 0.15) is 28.8 Å². The maximum atomic E-state index is 13.2. The zero-order valence-electron chi connectivity index (χ0n) is 20.5. The van der Waals surface area contributed by atoms with Crippen LogP contribution in [-0.2, 0) is 0 Å². The predicted molar refractivity (Wildman–Crippen MR) is 141 cm³/mol. The maximum absolute atomic E-state index is 13.2. The van der Waals surface area contributed by atoms with E-state index in [9.17, 15) is 9.59 Å². The highest BCUT2D eigenvalue weighted by Crippen LogP contribution is 2.32. The molecule has 0 saturated carbocycles. The van der Waals surface area contributed by atoms with Crippen LogP contribution in [0.3, 0.4) is 0 Å². The van der Waals surface area contributed by atoms with Crippen LogP contribution < -0.4 is 25.8 Å². The van der Waals surface area contributed by atoms with E-state index < -0.39 is 11.5 Å². The Morgan fingerprint density at radius 3 is 2.54 bits per heavy atom. The van der Waals surface area contributed by atoms with E-state index in [0.717, 1.165) is 37.6 Å². The monoisotopic (exact) mass is 475 g/mol. The Bertz CT molecular complexity index is 1200. The first-order valence-electron chi connectivity index (χ1n) is 11.9. The van der Waals surface area contributed by atoms with Gasteiger partial charge in [-0.25, -0.2) is 0 Å². The normalized spacial score (nSPS) is 14.9. The summed E-state index contributed by atoms with van der Waals surface area (Å²) in [6.45, 7) is 6.34. The van der Waals surface area contributed by atoms with Gasteiger partial charge in [-0.3, -0.25) is 9.59 Å². The van der Waals surface area contributed by atoms with E-state index in [2.05, 4.69) is 51.5 Å². The van der Waals surface area contributed by atoms with Crippen molar-refractivity contribution in [2.45, 2.75) is 12.8 Å². The number of nitrogens with one attached hydrogen (secondary N) is 3. The Balaban J connectivity index is 1.52. The van der Waals surface area contributed by atoms with Crippen LogP contribution in [0.4, 0.5) is 17.1 Å². The van der Waals surface area contributed by atoms with Gasteiger partial charge in [-0.2, -0.15) is 0 Å². The SMILES string of the molecule is COc1ccc(NC(=O)c2c(NCC(C)c3ccccc3)cc[nH]c2=O)cc1N1CCN(C)CC1. The van der Waals surface area contributed by atoms with Gasteiger partial charge in [-0.05, 0) is 42.8 Å². The smallest absolute Gasteiger partial charge is 0.263 e. The van der Waals surface area contributed by atoms with Crippen molar-refractivity contribution in [2.75, 3.05) is 62.4 Å². The molecule has 8 heteroatoms. The van der Waals surface area contributed by atoms with Crippen molar-refractivity contribution in [1.29, 1.82) is 0 Å². The summed E-state index contributed by atoms with van der Waals surface area (Å²) in [6.07, 6.45) is 1.55. The van der Waals surface area contributed by atoms with E-state index in [1.54, 1.807) is 25.4 Å². The molecule has 1 amide bonds. The van der Waals surface area contributed by atoms with E-state index in [0.29, 0.717) is 17.9 Å². The fourth-order valence-corrected chi connectivity index (χ4v) is 4.27. The van der Waals surface area contributed by atoms with Crippen molar-refractivity contribution in [3.63, 3.8) is 0 Å². The highest BCUT2D eigenvalue weighted by molar-refractivity contribution is 6.08. The number of aromatic nitrogens is 1. The molecule has 1 atom stereocenters. The van der Waals surface area contributed by atoms with Gasteiger partial charge < -0.3 is 30.2 Å². The van der Waals surface area contributed by atoms with Crippen molar-refractivity contribution in [3.05, 3.63) is 82.3 Å². The Morgan fingerprint density at radius 1 is 1.09 bits per heavy atom. The maximum Gasteiger partial charge on any atom is 0.263 e. The zero-order valence-corrected chi connectivity index (χ0v) is 20.5. The van der Waals surface area contributed by atoms with Crippen LogP contribution in [0.5, 0.6) is 5.75 Å². The molecule has 1 saturated heterocycles. The summed E-state index contributed by atoms with van der Waals surface area (Å²) in [5.74, 6) is 0.498. The number of nitrogens with zero attached hydrogens (tertiary/aromatic N) is 2. The molecule has 184 valence electrons. The number of methoxy groups -OCH3 is 1. The van der Waals surface area contributed by atoms with Gasteiger partial charge >= 0.3 is 0 Å². The van der Waals surface area contributed by atoms with Crippen LogP contribution in [0.15, 0.2) is 65.6 Å². The van der Waals surface area contributed by atoms with Gasteiger partial charge in [-0.15, -0.1) is 0 Å². The third kappa shape index (κ3) is 5.84. The lowest BCUT2D eigenvalue weighted by Gasteiger charge is -2.35. The van der Waals surface area contributed by atoms with Crippen molar-refractivity contribution in [1.82, 2.24) is 9.88 Å². The molecular weight excluding hydrogens is 442 g/mol. The Kier molecular flexibility index (Phi) is 7.72. The first-order valence-corrected chi connectivity index (χ1v) is 11.9. The van der Waals surface area contributed by atoms with Gasteiger partial charge in [-0.1, -0.05) is 37.3 Å². The molecule has 2 aromatic carbocycles. The number of ether oxygens (including phenoxy) is 1. The molecule has 0 bridgehead atoms. The number of hydrogen-bond acceptors (Lipinski definition) is 6. The summed E-state index contributed by atoms with van der Waals surface area (Å²) in [5, 5.41) is 6.20. The zero-order chi connectivity index (χ0) is 24.8. The molecule has 1 aliphatic heterocycles. The summed E-state index contributed by atoms with van der Waals surface area (Å²) < 4.78 is 5.57. The van der Waals surface area contributed by atoms with Crippen LogP contribution in [0, 0.1) is 0 Å². The molecule has 2 heterocycles. The van der Waals surface area contributed by atoms with E-state index in [1.165, 1.54) is 5.56 Å². The van der Waals surface area contributed by atoms with E-state index >= 15 is 0 Å². The molecule has 1 unspecified atom stereocenters. The number of piperazine rings is 1. The minimum atomic E-state index is -0.462. The number of hydrogen-bond donors (Lipinski definition) is 3. The van der Waals surface area contributed by atoms with Gasteiger partial charge in [0.05, 0.1) is 18.5 Å². The third-order valence-electron chi connectivity index (χ3n) is 6.44. The molecule has 1 aliphatic rings. The summed E-state index contributed by atoms with van der Waals surface area (Å²) in [7, 11) is 3.75. The molecule has 8 nitrogen and oxygen atoms in total. The highest BCUT2D eigenvalue weighted by atomic mass is 16.5. The molecule has 35 heavy (non-hydrogen) atoms. The topological polar surface area (TPSA) is 89.7 Å². The number of H-pyrrole nitrogens is 1. The second kappa shape index (κ2) is 11.1. The van der Waals surface area contributed by atoms with Gasteiger partial charge in [0.1, 0.15) is 11.3 Å². The van der Waals surface area contributed by atoms with Gasteiger partial charge in [0, 0.05) is 44.6 Å². The summed E-state index contributed by atoms with van der Waals surface area (Å²) in [5.41, 5.74) is 2.84. The number of carbonyl (C=O) groups excluding carboxylic acids is 1. The number of carbonyl (C=O) groups is 1. The minimum absolute atomic E-state index is 0.0599. The molecular formula is C27H33N5O3. The lowest BCUT2D eigenvalue weighted by molar-refractivity contribution is 0.102. The summed E-state index contributed by atoms with van der Waals surface area (Å²) in [6, 6.07) is 17.4. The summed E-state index contributed by atoms with van der Waals surface area (Å²) in [4.78, 5) is 33.0. The van der Waals surface area contributed by atoms with Gasteiger partial charge in [0.25, 0.3) is 11.5 Å². The number of benzene rings is 2. The first kappa shape index (κ1) is 24.3. The van der Waals surface area contributed by atoms with Crippen molar-refractivity contribution in [3.8, 4) is 5.75 Å². The van der Waals surface area contributed by atoms with Crippen LogP contribution in [-0.4, -0.2) is 62.7 Å². The van der Waals surface area contributed by atoms with E-state index in [4.69, 9.17) is 4.74 Å². The highest BCUT2D eigenvalue weighted by Gasteiger charge is 2.21. The molecule has 1 aromatic heterocycles. The lowest BCUT2D eigenvalue weighted by Crippen LogP contribution is -2.44. The minimum Gasteiger partial charge on any atom is -0.495 e. The quantitative estimate of drug-likeness (QED) is 0.461. The van der Waals surface area contributed by atoms with E-state index in [-0.39, 0.29) is 11.5 Å². The first-order chi connectivity index (χ1) is 17.0. The molecule has 3 aromatic rings. The number of amides is 1. The fourth-order valence-electron chi connectivity index (χ4n) is 4.27. The largest absolute Gasteiger partial charge is 0.495 e. The molecule has 3 N–H and O–H groups in total. The molecule has 0 aliphatic carbocycles. The van der Waals surface area contributed by atoms with Crippen LogP contribution >= 0.6 is 0 Å². The van der Waals surface area contributed by atoms with Crippen molar-refractivity contribution in [2.24, 2.45) is 0 Å². The number of pyridine rings is 1. The third-order valence-corrected chi connectivity index (χ3v) is 6.44. The van der Waals surface area contributed by atoms with Gasteiger partial charge in [0.2, 0.25) is 0 Å². The molecule has 0 radical (unpaired) electrons. The Labute approximate surface area is 205 Å². The molecule has 4 rings (SSSR count). The number of rotatable bonds is 8. The standard InChI is InChI=1S/C27H33N5O3/c1-19(20-7-5-4-6-8-20)18-29-22-11-12-28-26(33)25(22)27(34)30-21-9-10-24(35-3)23(17-21)32-15-13-31(2)14-16-32/h4-12,17,19H,13-16,18H2,1-3H3,(H,30,34)(H2,28,29,33). The molecule has 1 fully saturated rings. The molecule has 0 spiro atoms.